The Balaban J connectivity index is 0.000000208. The van der Waals surface area contributed by atoms with Crippen molar-refractivity contribution >= 4 is 10.8 Å². The number of nitrogens with zero attached hydrogens (tertiary/aromatic N) is 3. The Labute approximate surface area is 346 Å². The second-order valence-corrected chi connectivity index (χ2v) is 15.5. The van der Waals surface area contributed by atoms with Gasteiger partial charge in [0.25, 0.3) is 0 Å². The van der Waals surface area contributed by atoms with Crippen LogP contribution in [0.1, 0.15) is 54.2 Å². The average Bonchev–Trinajstić information content (AvgIpc) is 3.19. The van der Waals surface area contributed by atoms with E-state index in [1.54, 1.807) is 0 Å². The summed E-state index contributed by atoms with van der Waals surface area (Å²) in [6, 6.07) is 47.4. The summed E-state index contributed by atoms with van der Waals surface area (Å²) in [6.07, 6.45) is 7.69. The number of rotatable bonds is 5. The molecule has 0 atom stereocenters. The largest absolute Gasteiger partial charge is 0.305 e. The standard InChI is InChI=1S/C32H29N2.C20H18N.Ir/c1-21-9-10-26(22(2)17-21)28-12-11-27(29-14-15-33-20-30(28)29)23-7-6-8-24(18-23)31-19-25(13-16-34-31)32(3,4)5;1-14-9-10-18(20-11-15(2)16(3)13-21-20)12-19(14)17-7-5-4-6-8-17;/h6-7,9-20H,1-5H3;4-9,11-13H,1-3H3;/q2*-1;. The molecule has 56 heavy (non-hydrogen) atoms. The first kappa shape index (κ1) is 40.1. The summed E-state index contributed by atoms with van der Waals surface area (Å²) < 4.78 is 0. The Morgan fingerprint density at radius 2 is 1.23 bits per heavy atom. The summed E-state index contributed by atoms with van der Waals surface area (Å²) in [5.74, 6) is 0. The second-order valence-electron chi connectivity index (χ2n) is 15.5. The van der Waals surface area contributed by atoms with Crippen LogP contribution >= 0.6 is 0 Å². The van der Waals surface area contributed by atoms with Crippen LogP contribution in [0.3, 0.4) is 0 Å². The first-order valence-corrected chi connectivity index (χ1v) is 18.9. The van der Waals surface area contributed by atoms with Gasteiger partial charge >= 0.3 is 0 Å². The van der Waals surface area contributed by atoms with Gasteiger partial charge in [0.05, 0.1) is 0 Å². The first-order chi connectivity index (χ1) is 26.5. The number of fused-ring (bicyclic) bond motifs is 1. The summed E-state index contributed by atoms with van der Waals surface area (Å²) in [6.45, 7) is 17.3. The maximum absolute atomic E-state index is 4.65. The van der Waals surface area contributed by atoms with Crippen LogP contribution < -0.4 is 0 Å². The molecule has 0 N–H and O–H groups in total. The maximum atomic E-state index is 4.65. The van der Waals surface area contributed by atoms with Gasteiger partial charge in [-0.05, 0) is 101 Å². The second kappa shape index (κ2) is 17.1. The smallest absolute Gasteiger partial charge is 0.0352 e. The fraction of sp³-hybridized carbons (Fsp3) is 0.173. The molecule has 281 valence electrons. The third kappa shape index (κ3) is 8.79. The zero-order chi connectivity index (χ0) is 38.7. The summed E-state index contributed by atoms with van der Waals surface area (Å²) >= 11 is 0. The molecule has 4 heteroatoms. The van der Waals surface area contributed by atoms with Gasteiger partial charge in [0.1, 0.15) is 0 Å². The zero-order valence-electron chi connectivity index (χ0n) is 33.5. The van der Waals surface area contributed by atoms with Crippen LogP contribution in [0.4, 0.5) is 0 Å². The summed E-state index contributed by atoms with van der Waals surface area (Å²) in [5, 5.41) is 2.36. The molecule has 0 aliphatic heterocycles. The maximum Gasteiger partial charge on any atom is 0.0352 e. The van der Waals surface area contributed by atoms with Gasteiger partial charge in [-0.15, -0.1) is 64.7 Å². The molecule has 0 aliphatic carbocycles. The molecule has 0 bridgehead atoms. The van der Waals surface area contributed by atoms with E-state index in [0.717, 1.165) is 33.5 Å². The number of hydrogen-bond donors (Lipinski definition) is 0. The number of benzene rings is 5. The molecule has 0 amide bonds. The quantitative estimate of drug-likeness (QED) is 0.162. The minimum Gasteiger partial charge on any atom is -0.305 e. The minimum absolute atomic E-state index is 0. The van der Waals surface area contributed by atoms with Crippen LogP contribution in [-0.4, -0.2) is 15.0 Å². The minimum atomic E-state index is 0. The molecular weight excluding hydrogens is 859 g/mol. The van der Waals surface area contributed by atoms with Crippen molar-refractivity contribution in [2.75, 3.05) is 0 Å². The van der Waals surface area contributed by atoms with E-state index in [9.17, 15) is 0 Å². The summed E-state index contributed by atoms with van der Waals surface area (Å²) in [7, 11) is 0. The van der Waals surface area contributed by atoms with Gasteiger partial charge in [-0.3, -0.25) is 4.98 Å². The molecule has 0 spiro atoms. The van der Waals surface area contributed by atoms with E-state index < -0.39 is 0 Å². The summed E-state index contributed by atoms with van der Waals surface area (Å²) in [4.78, 5) is 13.7. The van der Waals surface area contributed by atoms with E-state index in [0.29, 0.717) is 0 Å². The fourth-order valence-electron chi connectivity index (χ4n) is 7.03. The molecule has 8 rings (SSSR count). The molecule has 0 unspecified atom stereocenters. The van der Waals surface area contributed by atoms with Crippen LogP contribution in [-0.2, 0) is 25.5 Å². The molecule has 3 nitrogen and oxygen atoms in total. The Hall–Kier alpha value is -5.54. The number of aryl methyl sites for hydroxylation is 5. The van der Waals surface area contributed by atoms with Crippen LogP contribution in [0, 0.1) is 46.8 Å². The monoisotopic (exact) mass is 906 g/mol. The van der Waals surface area contributed by atoms with E-state index >= 15 is 0 Å². The van der Waals surface area contributed by atoms with Gasteiger partial charge in [0, 0.05) is 50.3 Å². The predicted octanol–water partition coefficient (Wildman–Crippen LogP) is 13.5. The van der Waals surface area contributed by atoms with Crippen molar-refractivity contribution in [3.8, 4) is 55.9 Å². The van der Waals surface area contributed by atoms with Crippen LogP contribution in [0.15, 0.2) is 140 Å². The Bertz CT molecular complexity index is 2640. The predicted molar refractivity (Wildman–Crippen MR) is 231 cm³/mol. The van der Waals surface area contributed by atoms with Gasteiger partial charge in [-0.1, -0.05) is 117 Å². The molecule has 3 aromatic heterocycles. The summed E-state index contributed by atoms with van der Waals surface area (Å²) in [5.41, 5.74) is 18.9. The third-order valence-corrected chi connectivity index (χ3v) is 10.4. The molecule has 8 aromatic rings. The molecule has 0 saturated carbocycles. The van der Waals surface area contributed by atoms with Crippen LogP contribution in [0.2, 0.25) is 0 Å². The van der Waals surface area contributed by atoms with Crippen molar-refractivity contribution in [3.05, 3.63) is 186 Å². The Kier molecular flexibility index (Phi) is 12.2. The van der Waals surface area contributed by atoms with Gasteiger partial charge in [0.2, 0.25) is 0 Å². The van der Waals surface area contributed by atoms with Gasteiger partial charge < -0.3 is 9.97 Å². The molecule has 5 aromatic carbocycles. The van der Waals surface area contributed by atoms with E-state index in [1.807, 2.05) is 36.9 Å². The van der Waals surface area contributed by atoms with Crippen LogP contribution in [0.25, 0.3) is 66.7 Å². The van der Waals surface area contributed by atoms with E-state index in [-0.39, 0.29) is 25.5 Å². The van der Waals surface area contributed by atoms with Crippen molar-refractivity contribution in [2.24, 2.45) is 0 Å². The SMILES string of the molecule is Cc1ccc(-c2ccc(-c3cc[c-]c(-c4cc(C(C)(C)C)ccn4)c3)c3ccncc23)c(C)c1.Cc1cnc(-c2[c-]cc(C)c(-c3ccccc3)c2)cc1C.[Ir]. The van der Waals surface area contributed by atoms with Crippen LogP contribution in [0.5, 0.6) is 0 Å². The average molecular weight is 906 g/mol. The van der Waals surface area contributed by atoms with Gasteiger partial charge in [0.15, 0.2) is 0 Å². The van der Waals surface area contributed by atoms with Gasteiger partial charge in [-0.2, -0.15) is 0 Å². The third-order valence-electron chi connectivity index (χ3n) is 10.4. The van der Waals surface area contributed by atoms with Crippen molar-refractivity contribution < 1.29 is 20.1 Å². The fourth-order valence-corrected chi connectivity index (χ4v) is 7.03. The number of hydrogen-bond acceptors (Lipinski definition) is 3. The molecule has 3 heterocycles. The van der Waals surface area contributed by atoms with Crippen molar-refractivity contribution in [3.63, 3.8) is 0 Å². The molecule has 0 aliphatic rings. The van der Waals surface area contributed by atoms with E-state index in [1.165, 1.54) is 66.6 Å². The molecular formula is C52H47IrN3-2. The van der Waals surface area contributed by atoms with Gasteiger partial charge in [-0.25, -0.2) is 0 Å². The molecule has 1 radical (unpaired) electrons. The molecule has 0 saturated heterocycles. The first-order valence-electron chi connectivity index (χ1n) is 18.9. The topological polar surface area (TPSA) is 38.7 Å². The molecule has 0 fully saturated rings. The normalized spacial score (nSPS) is 11.1. The van der Waals surface area contributed by atoms with Crippen molar-refractivity contribution in [2.45, 2.75) is 60.8 Å². The number of aromatic nitrogens is 3. The van der Waals surface area contributed by atoms with Crippen molar-refractivity contribution in [1.29, 1.82) is 0 Å². The number of pyridine rings is 3. The van der Waals surface area contributed by atoms with E-state index in [4.69, 9.17) is 0 Å². The van der Waals surface area contributed by atoms with Crippen molar-refractivity contribution in [1.82, 2.24) is 15.0 Å². The van der Waals surface area contributed by atoms with E-state index in [2.05, 4.69) is 186 Å². The zero-order valence-corrected chi connectivity index (χ0v) is 35.8. The Morgan fingerprint density at radius 1 is 0.500 bits per heavy atom. The Morgan fingerprint density at radius 3 is 1.98 bits per heavy atom.